The highest BCUT2D eigenvalue weighted by atomic mass is 35.5. The fourth-order valence-corrected chi connectivity index (χ4v) is 3.19. The van der Waals surface area contributed by atoms with E-state index in [1.54, 1.807) is 11.0 Å². The van der Waals surface area contributed by atoms with Gasteiger partial charge in [0.05, 0.1) is 11.5 Å². The van der Waals surface area contributed by atoms with Crippen molar-refractivity contribution in [2.45, 2.75) is 18.9 Å². The first-order valence-corrected chi connectivity index (χ1v) is 8.88. The summed E-state index contributed by atoms with van der Waals surface area (Å²) in [6.45, 7) is 0.821. The average molecular weight is 405 g/mol. The normalized spacial score (nSPS) is 16.5. The minimum atomic E-state index is -0.657. The van der Waals surface area contributed by atoms with Gasteiger partial charge in [-0.2, -0.15) is 0 Å². The van der Waals surface area contributed by atoms with Crippen LogP contribution in [0.3, 0.4) is 0 Å². The smallest absolute Gasteiger partial charge is 0.288 e. The summed E-state index contributed by atoms with van der Waals surface area (Å²) in [4.78, 5) is 39.9. The van der Waals surface area contributed by atoms with Gasteiger partial charge in [-0.15, -0.1) is 0 Å². The lowest BCUT2D eigenvalue weighted by atomic mass is 10.1. The first-order chi connectivity index (χ1) is 13.3. The van der Waals surface area contributed by atoms with Gasteiger partial charge in [0.25, 0.3) is 17.5 Å². The van der Waals surface area contributed by atoms with Gasteiger partial charge in [-0.1, -0.05) is 11.6 Å². The van der Waals surface area contributed by atoms with E-state index >= 15 is 0 Å². The summed E-state index contributed by atoms with van der Waals surface area (Å²) in [5, 5.41) is 11.0. The van der Waals surface area contributed by atoms with Gasteiger partial charge in [-0.3, -0.25) is 24.7 Å². The molecule has 0 aliphatic carbocycles. The second kappa shape index (κ2) is 8.22. The molecule has 1 aromatic heterocycles. The Morgan fingerprint density at radius 3 is 2.82 bits per heavy atom. The molecule has 10 heteroatoms. The van der Waals surface area contributed by atoms with Crippen molar-refractivity contribution in [1.29, 1.82) is 0 Å². The Labute approximate surface area is 165 Å². The maximum Gasteiger partial charge on any atom is 0.288 e. The van der Waals surface area contributed by atoms with E-state index in [1.807, 2.05) is 0 Å². The van der Waals surface area contributed by atoms with Crippen LogP contribution in [0.4, 0.5) is 5.69 Å². The topological polar surface area (TPSA) is 129 Å². The molecule has 2 heterocycles. The molecule has 9 nitrogen and oxygen atoms in total. The second-order valence-electron chi connectivity index (χ2n) is 6.30. The highest BCUT2D eigenvalue weighted by molar-refractivity contribution is 6.32. The zero-order valence-corrected chi connectivity index (χ0v) is 15.5. The van der Waals surface area contributed by atoms with Crippen LogP contribution in [-0.4, -0.2) is 45.8 Å². The number of carbonyl (C=O) groups is 2. The third kappa shape index (κ3) is 4.37. The van der Waals surface area contributed by atoms with Crippen molar-refractivity contribution in [3.05, 3.63) is 62.9 Å². The molecule has 0 radical (unpaired) electrons. The zero-order valence-electron chi connectivity index (χ0n) is 14.7. The van der Waals surface area contributed by atoms with Gasteiger partial charge in [0, 0.05) is 30.4 Å². The molecule has 1 fully saturated rings. The monoisotopic (exact) mass is 404 g/mol. The van der Waals surface area contributed by atoms with Crippen LogP contribution in [0.2, 0.25) is 5.02 Å². The molecule has 2 amide bonds. The highest BCUT2D eigenvalue weighted by Gasteiger charge is 2.27. The van der Waals surface area contributed by atoms with Crippen LogP contribution in [-0.2, 0) is 0 Å². The molecular weight excluding hydrogens is 388 g/mol. The molecule has 1 aromatic carbocycles. The number of amides is 2. The predicted octanol–water partition coefficient (Wildman–Crippen LogP) is 2.43. The minimum absolute atomic E-state index is 0.0238. The number of nitro groups is 1. The molecule has 0 bridgehead atoms. The van der Waals surface area contributed by atoms with Crippen LogP contribution in [0, 0.1) is 10.1 Å². The van der Waals surface area contributed by atoms with Crippen LogP contribution < -0.4 is 10.5 Å². The van der Waals surface area contributed by atoms with E-state index < -0.39 is 10.8 Å². The molecule has 0 saturated carbocycles. The van der Waals surface area contributed by atoms with Gasteiger partial charge in [-0.05, 0) is 31.0 Å². The number of piperidine rings is 1. The van der Waals surface area contributed by atoms with E-state index in [0.29, 0.717) is 25.3 Å². The summed E-state index contributed by atoms with van der Waals surface area (Å²) >= 11 is 5.81. The number of primary amides is 1. The molecule has 28 heavy (non-hydrogen) atoms. The summed E-state index contributed by atoms with van der Waals surface area (Å²) in [6, 6.07) is 7.04. The molecule has 1 aliphatic heterocycles. The van der Waals surface area contributed by atoms with Crippen molar-refractivity contribution in [2.75, 3.05) is 13.1 Å². The lowest BCUT2D eigenvalue weighted by Gasteiger charge is -2.33. The minimum Gasteiger partial charge on any atom is -0.488 e. The van der Waals surface area contributed by atoms with Gasteiger partial charge >= 0.3 is 0 Å². The quantitative estimate of drug-likeness (QED) is 0.601. The maximum atomic E-state index is 12.8. The lowest BCUT2D eigenvalue weighted by molar-refractivity contribution is -0.384. The van der Waals surface area contributed by atoms with Crippen LogP contribution in [0.25, 0.3) is 0 Å². The van der Waals surface area contributed by atoms with E-state index in [1.165, 1.54) is 30.5 Å². The summed E-state index contributed by atoms with van der Waals surface area (Å²) in [5.74, 6) is -0.555. The molecule has 1 unspecified atom stereocenters. The number of benzene rings is 1. The van der Waals surface area contributed by atoms with Crippen LogP contribution in [0.15, 0.2) is 36.5 Å². The van der Waals surface area contributed by atoms with Crippen LogP contribution >= 0.6 is 11.6 Å². The number of nitrogens with two attached hydrogens (primary N) is 1. The SMILES string of the molecule is NC(=O)c1cc(OC2CCCN(C(=O)c3ccc(Cl)c([N+](=O)[O-])c3)C2)ccn1. The molecule has 2 N–H and O–H groups in total. The fraction of sp³-hybridized carbons (Fsp3) is 0.278. The summed E-state index contributed by atoms with van der Waals surface area (Å²) in [6.07, 6.45) is 2.57. The first kappa shape index (κ1) is 19.6. The van der Waals surface area contributed by atoms with Crippen molar-refractivity contribution >= 4 is 29.1 Å². The number of carbonyl (C=O) groups excluding carboxylic acids is 2. The van der Waals surface area contributed by atoms with Crippen LogP contribution in [0.5, 0.6) is 5.75 Å². The number of ether oxygens (including phenoxy) is 1. The number of hydrogen-bond acceptors (Lipinski definition) is 6. The fourth-order valence-electron chi connectivity index (χ4n) is 3.00. The van der Waals surface area contributed by atoms with Gasteiger partial charge in [0.1, 0.15) is 22.6 Å². The van der Waals surface area contributed by atoms with Crippen molar-refractivity contribution in [2.24, 2.45) is 5.73 Å². The molecule has 146 valence electrons. The summed E-state index contributed by atoms with van der Waals surface area (Å²) < 4.78 is 5.87. The Balaban J connectivity index is 1.72. The van der Waals surface area contributed by atoms with E-state index in [0.717, 1.165) is 6.42 Å². The van der Waals surface area contributed by atoms with Crippen molar-refractivity contribution < 1.29 is 19.2 Å². The molecular formula is C18H17ClN4O5. The number of nitro benzene ring substituents is 1. The van der Waals surface area contributed by atoms with Gasteiger partial charge in [-0.25, -0.2) is 0 Å². The largest absolute Gasteiger partial charge is 0.488 e. The van der Waals surface area contributed by atoms with E-state index in [2.05, 4.69) is 4.98 Å². The highest BCUT2D eigenvalue weighted by Crippen LogP contribution is 2.27. The van der Waals surface area contributed by atoms with Crippen LogP contribution in [0.1, 0.15) is 33.7 Å². The number of pyridine rings is 1. The Morgan fingerprint density at radius 1 is 1.32 bits per heavy atom. The third-order valence-electron chi connectivity index (χ3n) is 4.34. The van der Waals surface area contributed by atoms with E-state index in [9.17, 15) is 19.7 Å². The van der Waals surface area contributed by atoms with Gasteiger partial charge in [0.15, 0.2) is 0 Å². The van der Waals surface area contributed by atoms with Gasteiger partial charge < -0.3 is 15.4 Å². The van der Waals surface area contributed by atoms with E-state index in [4.69, 9.17) is 22.1 Å². The van der Waals surface area contributed by atoms with Crippen molar-refractivity contribution in [3.63, 3.8) is 0 Å². The predicted molar refractivity (Wildman–Crippen MR) is 100 cm³/mol. The second-order valence-corrected chi connectivity index (χ2v) is 6.70. The maximum absolute atomic E-state index is 12.8. The Bertz CT molecular complexity index is 936. The zero-order chi connectivity index (χ0) is 20.3. The van der Waals surface area contributed by atoms with Gasteiger partial charge in [0.2, 0.25) is 0 Å². The number of aromatic nitrogens is 1. The molecule has 2 aromatic rings. The number of halogens is 1. The van der Waals surface area contributed by atoms with Crippen molar-refractivity contribution in [3.8, 4) is 5.75 Å². The number of rotatable bonds is 5. The third-order valence-corrected chi connectivity index (χ3v) is 4.66. The van der Waals surface area contributed by atoms with Crippen molar-refractivity contribution in [1.82, 2.24) is 9.88 Å². The Hall–Kier alpha value is -3.20. The lowest BCUT2D eigenvalue weighted by Crippen LogP contribution is -2.44. The molecule has 1 atom stereocenters. The van der Waals surface area contributed by atoms with E-state index in [-0.39, 0.29) is 34.0 Å². The number of nitrogens with zero attached hydrogens (tertiary/aromatic N) is 3. The molecule has 0 spiro atoms. The average Bonchev–Trinajstić information content (AvgIpc) is 2.68. The molecule has 1 saturated heterocycles. The molecule has 3 rings (SSSR count). The summed E-state index contributed by atoms with van der Waals surface area (Å²) in [7, 11) is 0. The Morgan fingerprint density at radius 2 is 2.11 bits per heavy atom. The standard InChI is InChI=1S/C18H17ClN4O5/c19-14-4-3-11(8-16(14)23(26)27)18(25)22-7-1-2-13(10-22)28-12-5-6-21-15(9-12)17(20)24/h3-6,8-9,13H,1-2,7,10H2,(H2,20,24). The Kier molecular flexibility index (Phi) is 5.74. The number of hydrogen-bond donors (Lipinski definition) is 1. The molecule has 1 aliphatic rings. The summed E-state index contributed by atoms with van der Waals surface area (Å²) in [5.41, 5.74) is 5.19. The number of likely N-dealkylation sites (tertiary alicyclic amines) is 1. The first-order valence-electron chi connectivity index (χ1n) is 8.51.